The van der Waals surface area contributed by atoms with Crippen LogP contribution in [0.5, 0.6) is 0 Å². The molecule has 5 rings (SSSR count). The van der Waals surface area contributed by atoms with Crippen molar-refractivity contribution >= 4 is 26.7 Å². The predicted molar refractivity (Wildman–Crippen MR) is 114 cm³/mol. The Bertz CT molecular complexity index is 1520. The van der Waals surface area contributed by atoms with Crippen molar-refractivity contribution in [3.63, 3.8) is 0 Å². The normalized spacial score (nSPS) is 17.9. The van der Waals surface area contributed by atoms with E-state index in [1.54, 1.807) is 45.7 Å². The summed E-state index contributed by atoms with van der Waals surface area (Å²) in [5.74, 6) is 0. The molecule has 0 spiro atoms. The maximum absolute atomic E-state index is 12.7. The van der Waals surface area contributed by atoms with Gasteiger partial charge < -0.3 is 4.98 Å². The highest BCUT2D eigenvalue weighted by molar-refractivity contribution is 7.88. The number of H-pyrrole nitrogens is 1. The molecule has 1 unspecified atom stereocenters. The van der Waals surface area contributed by atoms with Crippen LogP contribution in [0.4, 0.5) is 0 Å². The predicted octanol–water partition coefficient (Wildman–Crippen LogP) is 1.51. The van der Waals surface area contributed by atoms with E-state index in [2.05, 4.69) is 16.2 Å². The average molecular weight is 437 g/mol. The summed E-state index contributed by atoms with van der Waals surface area (Å²) in [6, 6.07) is 8.82. The van der Waals surface area contributed by atoms with Gasteiger partial charge in [-0.2, -0.15) is 10.4 Å². The minimum absolute atomic E-state index is 0.236. The molecule has 1 saturated heterocycles. The van der Waals surface area contributed by atoms with Crippen molar-refractivity contribution < 1.29 is 8.42 Å². The van der Waals surface area contributed by atoms with Crippen LogP contribution in [0.15, 0.2) is 41.5 Å². The zero-order valence-corrected chi connectivity index (χ0v) is 17.5. The Morgan fingerprint density at radius 3 is 2.90 bits per heavy atom. The van der Waals surface area contributed by atoms with Crippen molar-refractivity contribution in [2.45, 2.75) is 18.9 Å². The largest absolute Gasteiger partial charge is 0.327 e. The van der Waals surface area contributed by atoms with E-state index in [9.17, 15) is 18.5 Å². The third kappa shape index (κ3) is 3.30. The van der Waals surface area contributed by atoms with Gasteiger partial charge in [-0.25, -0.2) is 27.0 Å². The number of hydrogen-bond acceptors (Lipinski definition) is 6. The fourth-order valence-electron chi connectivity index (χ4n) is 4.17. The topological polar surface area (TPSA) is 129 Å². The second-order valence-electron chi connectivity index (χ2n) is 7.70. The first-order valence-electron chi connectivity index (χ1n) is 9.79. The van der Waals surface area contributed by atoms with E-state index in [1.165, 1.54) is 10.6 Å². The maximum Gasteiger partial charge on any atom is 0.327 e. The molecule has 158 valence electrons. The molecule has 31 heavy (non-hydrogen) atoms. The molecular weight excluding hydrogens is 418 g/mol. The molecule has 11 heteroatoms. The molecule has 5 heterocycles. The number of hydrogen-bond donors (Lipinski definition) is 1. The third-order valence-electron chi connectivity index (χ3n) is 5.68. The summed E-state index contributed by atoms with van der Waals surface area (Å²) in [4.78, 5) is 20.3. The van der Waals surface area contributed by atoms with Crippen LogP contribution in [0.2, 0.25) is 0 Å². The molecule has 1 aliphatic rings. The van der Waals surface area contributed by atoms with Gasteiger partial charge in [0.05, 0.1) is 46.9 Å². The first-order valence-corrected chi connectivity index (χ1v) is 11.6. The number of nitriles is 1. The average Bonchev–Trinajstić information content (AvgIpc) is 3.32. The quantitative estimate of drug-likeness (QED) is 0.517. The second-order valence-corrected chi connectivity index (χ2v) is 9.68. The van der Waals surface area contributed by atoms with Gasteiger partial charge in [-0.3, -0.25) is 4.57 Å². The minimum atomic E-state index is -3.34. The summed E-state index contributed by atoms with van der Waals surface area (Å²) < 4.78 is 28.7. The molecule has 0 saturated carbocycles. The smallest absolute Gasteiger partial charge is 0.304 e. The van der Waals surface area contributed by atoms with Crippen molar-refractivity contribution in [3.8, 4) is 17.3 Å². The van der Waals surface area contributed by atoms with E-state index in [0.717, 1.165) is 11.1 Å². The molecule has 0 amide bonds. The number of nitrogens with one attached hydrogen (secondary N) is 1. The number of pyridine rings is 2. The standard InChI is InChI=1S/C20H19N7O3S/c1-31(29,30)25-7-2-3-14(12-25)27-19-17(24-20(27)28)5-4-16(23-19)15-11-22-26-8-6-13(10-21)9-18(15)26/h4-6,8-9,11,14H,2-3,7,12H2,1H3,(H,24,28). The molecule has 1 atom stereocenters. The maximum atomic E-state index is 12.7. The number of aromatic amines is 1. The van der Waals surface area contributed by atoms with E-state index < -0.39 is 10.0 Å². The highest BCUT2D eigenvalue weighted by atomic mass is 32.2. The number of aromatic nitrogens is 5. The lowest BCUT2D eigenvalue weighted by Gasteiger charge is -2.31. The van der Waals surface area contributed by atoms with Crippen molar-refractivity contribution in [3.05, 3.63) is 52.7 Å². The van der Waals surface area contributed by atoms with Crippen molar-refractivity contribution in [1.82, 2.24) is 28.5 Å². The highest BCUT2D eigenvalue weighted by Crippen LogP contribution is 2.28. The van der Waals surface area contributed by atoms with Crippen molar-refractivity contribution in [2.24, 2.45) is 0 Å². The Morgan fingerprint density at radius 1 is 1.29 bits per heavy atom. The van der Waals surface area contributed by atoms with Gasteiger partial charge in [0.2, 0.25) is 10.0 Å². The summed E-state index contributed by atoms with van der Waals surface area (Å²) in [6.07, 6.45) is 5.93. The lowest BCUT2D eigenvalue weighted by atomic mass is 10.1. The van der Waals surface area contributed by atoms with Gasteiger partial charge in [0, 0.05) is 24.8 Å². The first kappa shape index (κ1) is 19.5. The molecule has 1 N–H and O–H groups in total. The highest BCUT2D eigenvalue weighted by Gasteiger charge is 2.29. The van der Waals surface area contributed by atoms with Gasteiger partial charge in [0.1, 0.15) is 0 Å². The van der Waals surface area contributed by atoms with E-state index in [4.69, 9.17) is 4.98 Å². The third-order valence-corrected chi connectivity index (χ3v) is 6.95. The summed E-state index contributed by atoms with van der Waals surface area (Å²) >= 11 is 0. The first-order chi connectivity index (χ1) is 14.8. The van der Waals surface area contributed by atoms with E-state index in [0.29, 0.717) is 41.8 Å². The van der Waals surface area contributed by atoms with E-state index in [1.807, 2.05) is 0 Å². The minimum Gasteiger partial charge on any atom is -0.304 e. The van der Waals surface area contributed by atoms with E-state index in [-0.39, 0.29) is 18.3 Å². The lowest BCUT2D eigenvalue weighted by molar-refractivity contribution is 0.268. The van der Waals surface area contributed by atoms with Crippen molar-refractivity contribution in [2.75, 3.05) is 19.3 Å². The molecule has 0 radical (unpaired) electrons. The number of nitrogens with zero attached hydrogens (tertiary/aromatic N) is 6. The van der Waals surface area contributed by atoms with Crippen LogP contribution in [-0.4, -0.2) is 56.2 Å². The van der Waals surface area contributed by atoms with Crippen LogP contribution >= 0.6 is 0 Å². The Kier molecular flexibility index (Phi) is 4.42. The Labute approximate surface area is 177 Å². The van der Waals surface area contributed by atoms with Crippen LogP contribution in [0.25, 0.3) is 27.9 Å². The zero-order chi connectivity index (χ0) is 21.8. The van der Waals surface area contributed by atoms with Gasteiger partial charge in [0.25, 0.3) is 0 Å². The van der Waals surface area contributed by atoms with E-state index >= 15 is 0 Å². The molecular formula is C20H19N7O3S. The fraction of sp³-hybridized carbons (Fsp3) is 0.300. The SMILES string of the molecule is CS(=O)(=O)N1CCCC(n2c(=O)[nH]c3ccc(-c4cnn5ccc(C#N)cc45)nc32)C1. The van der Waals surface area contributed by atoms with Gasteiger partial charge >= 0.3 is 5.69 Å². The number of rotatable bonds is 3. The van der Waals surface area contributed by atoms with Gasteiger partial charge in [-0.15, -0.1) is 0 Å². The van der Waals surface area contributed by atoms with Crippen LogP contribution in [-0.2, 0) is 10.0 Å². The Balaban J connectivity index is 1.63. The summed E-state index contributed by atoms with van der Waals surface area (Å²) in [7, 11) is -3.34. The van der Waals surface area contributed by atoms with Gasteiger partial charge in [0.15, 0.2) is 5.65 Å². The fourth-order valence-corrected chi connectivity index (χ4v) is 5.07. The zero-order valence-electron chi connectivity index (χ0n) is 16.7. The lowest BCUT2D eigenvalue weighted by Crippen LogP contribution is -2.42. The molecule has 4 aromatic heterocycles. The Morgan fingerprint density at radius 2 is 2.13 bits per heavy atom. The molecule has 1 fully saturated rings. The van der Waals surface area contributed by atoms with Gasteiger partial charge in [-0.05, 0) is 37.1 Å². The number of piperidine rings is 1. The molecule has 0 aliphatic carbocycles. The number of fused-ring (bicyclic) bond motifs is 2. The van der Waals surface area contributed by atoms with Crippen LogP contribution in [0, 0.1) is 11.3 Å². The summed E-state index contributed by atoms with van der Waals surface area (Å²) in [6.45, 7) is 0.689. The summed E-state index contributed by atoms with van der Waals surface area (Å²) in [5.41, 5.74) is 3.33. The van der Waals surface area contributed by atoms with Crippen LogP contribution in [0.3, 0.4) is 0 Å². The second kappa shape index (κ2) is 7.04. The molecule has 0 bridgehead atoms. The van der Waals surface area contributed by atoms with Crippen LogP contribution in [0.1, 0.15) is 24.4 Å². The Hall–Kier alpha value is -3.49. The molecule has 4 aromatic rings. The number of imidazole rings is 1. The van der Waals surface area contributed by atoms with Crippen LogP contribution < -0.4 is 5.69 Å². The van der Waals surface area contributed by atoms with Crippen molar-refractivity contribution in [1.29, 1.82) is 5.26 Å². The molecule has 1 aliphatic heterocycles. The summed E-state index contributed by atoms with van der Waals surface area (Å²) in [5, 5.41) is 13.5. The van der Waals surface area contributed by atoms with Gasteiger partial charge in [-0.1, -0.05) is 0 Å². The molecule has 10 nitrogen and oxygen atoms in total. The monoisotopic (exact) mass is 437 g/mol. The number of sulfonamides is 1. The molecule has 0 aromatic carbocycles.